The Morgan fingerprint density at radius 1 is 1.09 bits per heavy atom. The minimum atomic E-state index is -4.16. The van der Waals surface area contributed by atoms with Gasteiger partial charge in [0.05, 0.1) is 13.2 Å². The maximum atomic E-state index is 8.05. The van der Waals surface area contributed by atoms with Crippen LogP contribution in [-0.2, 0) is 4.43 Å². The Hall–Kier alpha value is -0.0231. The van der Waals surface area contributed by atoms with Crippen LogP contribution in [0.15, 0.2) is 0 Å². The van der Waals surface area contributed by atoms with Gasteiger partial charge in [-0.2, -0.15) is 0 Å². The number of hydrogen-bond acceptors (Lipinski definition) is 6. The van der Waals surface area contributed by atoms with Gasteiger partial charge >= 0.3 is 9.05 Å². The highest BCUT2D eigenvalue weighted by Gasteiger charge is 2.28. The van der Waals surface area contributed by atoms with Crippen molar-refractivity contribution in [2.24, 2.45) is 0 Å². The Balaban J connectivity index is 0. The molecule has 0 fully saturated rings. The van der Waals surface area contributed by atoms with Crippen LogP contribution in [0.3, 0.4) is 0 Å². The van der Waals surface area contributed by atoms with E-state index in [-0.39, 0.29) is 19.8 Å². The molecule has 70 valence electrons. The lowest BCUT2D eigenvalue weighted by Gasteiger charge is -2.05. The molecule has 0 aliphatic rings. The number of aliphatic hydroxyl groups excluding tert-OH is 2. The van der Waals surface area contributed by atoms with Crippen molar-refractivity contribution in [1.82, 2.24) is 0 Å². The van der Waals surface area contributed by atoms with E-state index in [1.807, 2.05) is 0 Å². The first-order chi connectivity index (χ1) is 4.97. The molecule has 0 aromatic carbocycles. The molecule has 0 unspecified atom stereocenters. The van der Waals surface area contributed by atoms with Gasteiger partial charge in [-0.1, -0.05) is 0 Å². The van der Waals surface area contributed by atoms with Crippen molar-refractivity contribution in [2.45, 2.75) is 6.92 Å². The van der Waals surface area contributed by atoms with Gasteiger partial charge in [-0.3, -0.25) is 0 Å². The summed E-state index contributed by atoms with van der Waals surface area (Å²) in [4.78, 5) is 24.1. The summed E-state index contributed by atoms with van der Waals surface area (Å²) in [5.41, 5.74) is 0. The molecule has 0 saturated carbocycles. The Morgan fingerprint density at radius 3 is 1.45 bits per heavy atom. The van der Waals surface area contributed by atoms with Crippen molar-refractivity contribution in [3.05, 3.63) is 0 Å². The molecule has 0 bridgehead atoms. The van der Waals surface area contributed by atoms with Crippen molar-refractivity contribution >= 4 is 9.05 Å². The molecule has 0 spiro atoms. The van der Waals surface area contributed by atoms with E-state index in [4.69, 9.17) is 24.6 Å². The quantitative estimate of drug-likeness (QED) is 0.309. The molecule has 0 aliphatic carbocycles. The fourth-order valence-corrected chi connectivity index (χ4v) is 0.581. The van der Waals surface area contributed by atoms with E-state index in [1.165, 1.54) is 0 Å². The van der Waals surface area contributed by atoms with Crippen LogP contribution in [0.2, 0.25) is 0 Å². The molecule has 0 radical (unpaired) electrons. The standard InChI is InChI=1S/C2H8O4Si.C2H6O2/c1-2-6-7(3,4)5;3-1-2-4/h3-5H,2H2,1H3;3-4H,1-2H2. The van der Waals surface area contributed by atoms with E-state index in [9.17, 15) is 0 Å². The van der Waals surface area contributed by atoms with Gasteiger partial charge in [-0.15, -0.1) is 0 Å². The molecular weight excluding hydrogens is 172 g/mol. The number of aliphatic hydroxyl groups is 2. The molecule has 0 amide bonds. The highest BCUT2D eigenvalue weighted by molar-refractivity contribution is 6.48. The normalized spacial score (nSPS) is 10.4. The molecule has 0 aromatic rings. The largest absolute Gasteiger partial charge is 0.671 e. The summed E-state index contributed by atoms with van der Waals surface area (Å²) in [5, 5.41) is 15.2. The summed E-state index contributed by atoms with van der Waals surface area (Å²) in [6.45, 7) is 1.43. The predicted octanol–water partition coefficient (Wildman–Crippen LogP) is -2.59. The van der Waals surface area contributed by atoms with Crippen molar-refractivity contribution in [3.63, 3.8) is 0 Å². The average Bonchev–Trinajstić information content (AvgIpc) is 1.86. The van der Waals surface area contributed by atoms with Crippen LogP contribution in [0, 0.1) is 0 Å². The molecule has 0 heterocycles. The van der Waals surface area contributed by atoms with Gasteiger partial charge in [0.1, 0.15) is 0 Å². The second-order valence-electron chi connectivity index (χ2n) is 1.45. The molecule has 0 aromatic heterocycles. The van der Waals surface area contributed by atoms with E-state index >= 15 is 0 Å². The SMILES string of the molecule is CCO[Si](O)(O)O.OCCO. The molecule has 0 saturated heterocycles. The van der Waals surface area contributed by atoms with Crippen LogP contribution in [0.1, 0.15) is 6.92 Å². The van der Waals surface area contributed by atoms with Gasteiger partial charge in [0.25, 0.3) is 0 Å². The summed E-state index contributed by atoms with van der Waals surface area (Å²) >= 11 is 0. The maximum absolute atomic E-state index is 8.05. The lowest BCUT2D eigenvalue weighted by Crippen LogP contribution is -2.38. The lowest BCUT2D eigenvalue weighted by molar-refractivity contribution is 0.0687. The topological polar surface area (TPSA) is 110 Å². The highest BCUT2D eigenvalue weighted by Crippen LogP contribution is 1.85. The van der Waals surface area contributed by atoms with E-state index in [1.54, 1.807) is 6.92 Å². The zero-order valence-corrected chi connectivity index (χ0v) is 7.27. The van der Waals surface area contributed by atoms with Gasteiger partial charge in [0, 0.05) is 6.61 Å². The minimum absolute atomic E-state index is 0.121. The summed E-state index contributed by atoms with van der Waals surface area (Å²) in [5.74, 6) is 0. The molecule has 0 aliphatic heterocycles. The van der Waals surface area contributed by atoms with Gasteiger partial charge in [0.15, 0.2) is 0 Å². The first-order valence-corrected chi connectivity index (χ1v) is 4.75. The molecular formula is C4H14O6Si. The molecule has 6 nitrogen and oxygen atoms in total. The van der Waals surface area contributed by atoms with Crippen molar-refractivity contribution < 1.29 is 29.0 Å². The van der Waals surface area contributed by atoms with E-state index < -0.39 is 9.05 Å². The molecule has 5 N–H and O–H groups in total. The van der Waals surface area contributed by atoms with Crippen molar-refractivity contribution in [1.29, 1.82) is 0 Å². The number of rotatable bonds is 3. The van der Waals surface area contributed by atoms with Gasteiger partial charge in [0.2, 0.25) is 0 Å². The first kappa shape index (κ1) is 13.6. The van der Waals surface area contributed by atoms with Crippen LogP contribution >= 0.6 is 0 Å². The molecule has 11 heavy (non-hydrogen) atoms. The molecule has 0 atom stereocenters. The smallest absolute Gasteiger partial charge is 0.394 e. The van der Waals surface area contributed by atoms with Crippen LogP contribution in [-0.4, -0.2) is 53.5 Å². The van der Waals surface area contributed by atoms with Crippen molar-refractivity contribution in [3.8, 4) is 0 Å². The second-order valence-corrected chi connectivity index (χ2v) is 2.89. The zero-order chi connectivity index (χ0) is 9.33. The Morgan fingerprint density at radius 2 is 1.45 bits per heavy atom. The fraction of sp³-hybridized carbons (Fsp3) is 1.00. The van der Waals surface area contributed by atoms with Crippen LogP contribution < -0.4 is 0 Å². The maximum Gasteiger partial charge on any atom is 0.671 e. The first-order valence-electron chi connectivity index (χ1n) is 3.00. The Bertz CT molecular complexity index is 69.5. The molecule has 7 heteroatoms. The predicted molar refractivity (Wildman–Crippen MR) is 38.2 cm³/mol. The zero-order valence-electron chi connectivity index (χ0n) is 6.27. The summed E-state index contributed by atoms with van der Waals surface area (Å²) in [6, 6.07) is 0. The Labute approximate surface area is 65.8 Å². The minimum Gasteiger partial charge on any atom is -0.394 e. The summed E-state index contributed by atoms with van der Waals surface area (Å²) in [7, 11) is -4.16. The lowest BCUT2D eigenvalue weighted by atomic mass is 10.8. The van der Waals surface area contributed by atoms with Gasteiger partial charge in [-0.25, -0.2) is 0 Å². The molecule has 0 rings (SSSR count). The third-order valence-electron chi connectivity index (χ3n) is 0.438. The van der Waals surface area contributed by atoms with Crippen LogP contribution in [0.5, 0.6) is 0 Å². The van der Waals surface area contributed by atoms with E-state index in [2.05, 4.69) is 4.43 Å². The van der Waals surface area contributed by atoms with Crippen molar-refractivity contribution in [2.75, 3.05) is 19.8 Å². The second kappa shape index (κ2) is 8.08. The number of hydrogen-bond donors (Lipinski definition) is 5. The van der Waals surface area contributed by atoms with E-state index in [0.717, 1.165) is 0 Å². The average molecular weight is 186 g/mol. The highest BCUT2D eigenvalue weighted by atomic mass is 28.4. The summed E-state index contributed by atoms with van der Waals surface area (Å²) in [6.07, 6.45) is 0. The monoisotopic (exact) mass is 186 g/mol. The fourth-order valence-electron chi connectivity index (χ4n) is 0.194. The third kappa shape index (κ3) is 25.6. The summed E-state index contributed by atoms with van der Waals surface area (Å²) < 4.78 is 4.03. The van der Waals surface area contributed by atoms with Crippen LogP contribution in [0.4, 0.5) is 0 Å². The van der Waals surface area contributed by atoms with E-state index in [0.29, 0.717) is 0 Å². The third-order valence-corrected chi connectivity index (χ3v) is 1.11. The van der Waals surface area contributed by atoms with Gasteiger partial charge < -0.3 is 29.0 Å². The van der Waals surface area contributed by atoms with Crippen LogP contribution in [0.25, 0.3) is 0 Å². The van der Waals surface area contributed by atoms with Gasteiger partial charge in [-0.05, 0) is 6.92 Å². The Kier molecular flexibility index (Phi) is 9.96.